The zero-order valence-electron chi connectivity index (χ0n) is 18.4. The second-order valence-electron chi connectivity index (χ2n) is 7.53. The molecule has 4 N–H and O–H groups in total. The molecule has 0 aromatic heterocycles. The highest BCUT2D eigenvalue weighted by molar-refractivity contribution is 6.08. The van der Waals surface area contributed by atoms with Gasteiger partial charge in [0.2, 0.25) is 11.8 Å². The molecule has 0 spiro atoms. The topological polar surface area (TPSA) is 128 Å². The molecule has 0 saturated carbocycles. The summed E-state index contributed by atoms with van der Waals surface area (Å²) >= 11 is 0. The van der Waals surface area contributed by atoms with Crippen molar-refractivity contribution in [3.8, 4) is 0 Å². The van der Waals surface area contributed by atoms with Gasteiger partial charge in [0.05, 0.1) is 0 Å². The molecule has 174 valence electrons. The lowest BCUT2D eigenvalue weighted by atomic mass is 9.99. The third-order valence-corrected chi connectivity index (χ3v) is 4.98. The number of alkyl carbamates (subject to hydrolysis) is 1. The van der Waals surface area contributed by atoms with Crippen LogP contribution in [0.2, 0.25) is 0 Å². The summed E-state index contributed by atoms with van der Waals surface area (Å²) in [5, 5.41) is 4.84. The van der Waals surface area contributed by atoms with Crippen molar-refractivity contribution < 1.29 is 23.9 Å². The molecule has 0 bridgehead atoms. The molecule has 0 unspecified atom stereocenters. The van der Waals surface area contributed by atoms with Gasteiger partial charge in [-0.1, -0.05) is 84.9 Å². The van der Waals surface area contributed by atoms with Crippen molar-refractivity contribution in [3.63, 3.8) is 0 Å². The van der Waals surface area contributed by atoms with Gasteiger partial charge in [0.25, 0.3) is 0 Å². The molecule has 1 atom stereocenters. The van der Waals surface area contributed by atoms with Crippen LogP contribution in [0.4, 0.5) is 4.79 Å². The molecule has 0 aliphatic heterocycles. The predicted octanol–water partition coefficient (Wildman–Crippen LogP) is 2.36. The normalized spacial score (nSPS) is 11.2. The summed E-state index contributed by atoms with van der Waals surface area (Å²) in [6.07, 6.45) is -0.618. The van der Waals surface area contributed by atoms with Gasteiger partial charge in [0.15, 0.2) is 5.78 Å². The highest BCUT2D eigenvalue weighted by Crippen LogP contribution is 2.12. The van der Waals surface area contributed by atoms with Gasteiger partial charge < -0.3 is 21.1 Å². The number of ketones is 1. The lowest BCUT2D eigenvalue weighted by Crippen LogP contribution is -2.49. The van der Waals surface area contributed by atoms with Gasteiger partial charge in [-0.15, -0.1) is 0 Å². The zero-order chi connectivity index (χ0) is 24.3. The van der Waals surface area contributed by atoms with E-state index in [4.69, 9.17) is 10.5 Å². The summed E-state index contributed by atoms with van der Waals surface area (Å²) in [4.78, 5) is 48.3. The fourth-order valence-corrected chi connectivity index (χ4v) is 3.18. The van der Waals surface area contributed by atoms with Gasteiger partial charge in [-0.05, 0) is 11.1 Å². The molecule has 0 radical (unpaired) electrons. The van der Waals surface area contributed by atoms with Gasteiger partial charge in [0.1, 0.15) is 19.2 Å². The van der Waals surface area contributed by atoms with Crippen molar-refractivity contribution in [1.29, 1.82) is 0 Å². The minimum Gasteiger partial charge on any atom is -0.445 e. The number of nitrogens with one attached hydrogen (secondary N) is 2. The molecular weight excluding hydrogens is 434 g/mol. The van der Waals surface area contributed by atoms with Crippen molar-refractivity contribution >= 4 is 23.7 Å². The van der Waals surface area contributed by atoms with E-state index in [1.807, 2.05) is 36.4 Å². The van der Waals surface area contributed by atoms with Gasteiger partial charge in [0, 0.05) is 17.5 Å². The fourth-order valence-electron chi connectivity index (χ4n) is 3.18. The van der Waals surface area contributed by atoms with Crippen LogP contribution in [0.15, 0.2) is 84.9 Å². The van der Waals surface area contributed by atoms with Crippen LogP contribution >= 0.6 is 0 Å². The average molecular weight is 460 g/mol. The van der Waals surface area contributed by atoms with E-state index in [-0.39, 0.29) is 25.4 Å². The number of nitrogens with two attached hydrogens (primary N) is 1. The molecule has 34 heavy (non-hydrogen) atoms. The molecule has 0 heterocycles. The van der Waals surface area contributed by atoms with Crippen LogP contribution in [0.25, 0.3) is 0 Å². The molecule has 3 aromatic rings. The summed E-state index contributed by atoms with van der Waals surface area (Å²) in [5.41, 5.74) is 8.04. The standard InChI is InChI=1S/C26H25N3O5/c27-25(32)22(29-23(30)16-28-26(33)34-17-19-7-3-1-4-8-19)15-18-11-13-21(14-12-18)24(31)20-9-5-2-6-10-20/h1-14,22H,15-17H2,(H2,27,32)(H,28,33)(H,29,30)/t22-/m1/s1. The first-order valence-corrected chi connectivity index (χ1v) is 10.6. The van der Waals surface area contributed by atoms with E-state index in [2.05, 4.69) is 10.6 Å². The quantitative estimate of drug-likeness (QED) is 0.401. The first kappa shape index (κ1) is 24.2. The first-order chi connectivity index (χ1) is 16.4. The van der Waals surface area contributed by atoms with Crippen molar-refractivity contribution in [1.82, 2.24) is 10.6 Å². The minimum absolute atomic E-state index is 0.0704. The van der Waals surface area contributed by atoms with E-state index in [0.29, 0.717) is 16.7 Å². The molecule has 3 rings (SSSR count). The lowest BCUT2D eigenvalue weighted by Gasteiger charge is -2.16. The van der Waals surface area contributed by atoms with Gasteiger partial charge in [-0.2, -0.15) is 0 Å². The molecule has 3 aromatic carbocycles. The van der Waals surface area contributed by atoms with E-state index >= 15 is 0 Å². The van der Waals surface area contributed by atoms with E-state index in [1.54, 1.807) is 48.5 Å². The summed E-state index contributed by atoms with van der Waals surface area (Å²) in [7, 11) is 0. The smallest absolute Gasteiger partial charge is 0.407 e. The van der Waals surface area contributed by atoms with E-state index in [0.717, 1.165) is 5.56 Å². The number of primary amides is 1. The number of hydrogen-bond acceptors (Lipinski definition) is 5. The van der Waals surface area contributed by atoms with Crippen molar-refractivity contribution in [2.75, 3.05) is 6.54 Å². The van der Waals surface area contributed by atoms with Crippen LogP contribution in [0.1, 0.15) is 27.0 Å². The maximum atomic E-state index is 12.5. The second-order valence-corrected chi connectivity index (χ2v) is 7.53. The van der Waals surface area contributed by atoms with E-state index < -0.39 is 23.9 Å². The van der Waals surface area contributed by atoms with Gasteiger partial charge in [-0.3, -0.25) is 14.4 Å². The largest absolute Gasteiger partial charge is 0.445 e. The fraction of sp³-hybridized carbons (Fsp3) is 0.154. The molecule has 0 aliphatic carbocycles. The molecule has 8 heteroatoms. The number of benzene rings is 3. The number of ether oxygens (including phenoxy) is 1. The molecule has 0 fully saturated rings. The van der Waals surface area contributed by atoms with Crippen molar-refractivity contribution in [2.45, 2.75) is 19.1 Å². The Morgan fingerprint density at radius 2 is 1.35 bits per heavy atom. The van der Waals surface area contributed by atoms with Crippen LogP contribution in [-0.4, -0.2) is 36.3 Å². The first-order valence-electron chi connectivity index (χ1n) is 10.6. The molecule has 3 amide bonds. The average Bonchev–Trinajstić information content (AvgIpc) is 2.87. The Balaban J connectivity index is 1.48. The molecular formula is C26H25N3O5. The summed E-state index contributed by atoms with van der Waals surface area (Å²) in [6.45, 7) is -0.303. The van der Waals surface area contributed by atoms with Crippen LogP contribution in [0.3, 0.4) is 0 Å². The number of carbonyl (C=O) groups excluding carboxylic acids is 4. The third kappa shape index (κ3) is 7.30. The monoisotopic (exact) mass is 459 g/mol. The van der Waals surface area contributed by atoms with Crippen LogP contribution in [0, 0.1) is 0 Å². The molecule has 0 saturated heterocycles. The Morgan fingerprint density at radius 3 is 1.97 bits per heavy atom. The molecule has 0 aliphatic rings. The highest BCUT2D eigenvalue weighted by Gasteiger charge is 2.19. The molecule has 8 nitrogen and oxygen atoms in total. The Hall–Kier alpha value is -4.46. The maximum absolute atomic E-state index is 12.5. The number of amides is 3. The van der Waals surface area contributed by atoms with Gasteiger partial charge >= 0.3 is 6.09 Å². The van der Waals surface area contributed by atoms with Gasteiger partial charge in [-0.25, -0.2) is 4.79 Å². The SMILES string of the molecule is NC(=O)[C@@H](Cc1ccc(C(=O)c2ccccc2)cc1)NC(=O)CNC(=O)OCc1ccccc1. The van der Waals surface area contributed by atoms with Crippen molar-refractivity contribution in [3.05, 3.63) is 107 Å². The lowest BCUT2D eigenvalue weighted by molar-refractivity contribution is -0.126. The highest BCUT2D eigenvalue weighted by atomic mass is 16.5. The summed E-state index contributed by atoms with van der Waals surface area (Å²) in [5.74, 6) is -1.42. The Morgan fingerprint density at radius 1 is 0.765 bits per heavy atom. The van der Waals surface area contributed by atoms with Crippen molar-refractivity contribution in [2.24, 2.45) is 5.73 Å². The Bertz CT molecular complexity index is 1130. The maximum Gasteiger partial charge on any atom is 0.407 e. The third-order valence-electron chi connectivity index (χ3n) is 4.98. The van der Waals surface area contributed by atoms with Crippen LogP contribution in [0.5, 0.6) is 0 Å². The zero-order valence-corrected chi connectivity index (χ0v) is 18.4. The number of carbonyl (C=O) groups is 4. The number of hydrogen-bond donors (Lipinski definition) is 3. The number of rotatable bonds is 10. The Kier molecular flexibility index (Phi) is 8.51. The van der Waals surface area contributed by atoms with E-state index in [9.17, 15) is 19.2 Å². The summed E-state index contributed by atoms with van der Waals surface area (Å²) in [6, 6.07) is 23.8. The van der Waals surface area contributed by atoms with Crippen LogP contribution < -0.4 is 16.4 Å². The second kappa shape index (κ2) is 12.0. The Labute approximate surface area is 197 Å². The summed E-state index contributed by atoms with van der Waals surface area (Å²) < 4.78 is 5.04. The van der Waals surface area contributed by atoms with E-state index in [1.165, 1.54) is 0 Å². The van der Waals surface area contributed by atoms with Crippen LogP contribution in [-0.2, 0) is 27.4 Å². The predicted molar refractivity (Wildman–Crippen MR) is 126 cm³/mol. The minimum atomic E-state index is -0.981.